The second-order valence-electron chi connectivity index (χ2n) is 5.88. The van der Waals surface area contributed by atoms with E-state index >= 15 is 0 Å². The van der Waals surface area contributed by atoms with Gasteiger partial charge in [-0.2, -0.15) is 0 Å². The maximum absolute atomic E-state index is 12.1. The van der Waals surface area contributed by atoms with Gasteiger partial charge in [-0.05, 0) is 37.1 Å². The minimum Gasteiger partial charge on any atom is -0.354 e. The molecule has 2 aromatic carbocycles. The molecule has 0 bridgehead atoms. The highest BCUT2D eigenvalue weighted by molar-refractivity contribution is 8.01. The first-order valence-electron chi connectivity index (χ1n) is 7.71. The number of thioether (sulfide) groups is 1. The average Bonchev–Trinajstić information content (AvgIpc) is 3.34. The highest BCUT2D eigenvalue weighted by atomic mass is 32.2. The lowest BCUT2D eigenvalue weighted by atomic mass is 10.2. The predicted molar refractivity (Wildman–Crippen MR) is 95.1 cm³/mol. The van der Waals surface area contributed by atoms with Crippen LogP contribution in [0.3, 0.4) is 0 Å². The average molecular weight is 323 g/mol. The molecule has 1 aliphatic carbocycles. The number of fused-ring (bicyclic) bond motifs is 1. The zero-order valence-electron chi connectivity index (χ0n) is 12.6. The molecule has 1 aromatic heterocycles. The topological polar surface area (TPSA) is 57.8 Å². The summed E-state index contributed by atoms with van der Waals surface area (Å²) in [5.41, 5.74) is 0.623. The fraction of sp³-hybridized carbons (Fsp3) is 0.222. The van der Waals surface area contributed by atoms with E-state index in [0.29, 0.717) is 11.3 Å². The third kappa shape index (κ3) is 3.10. The van der Waals surface area contributed by atoms with Crippen molar-refractivity contribution in [3.05, 3.63) is 65.0 Å². The summed E-state index contributed by atoms with van der Waals surface area (Å²) in [5.74, 6) is 0.550. The Bertz CT molecular complexity index is 887. The first-order chi connectivity index (χ1) is 11.2. The van der Waals surface area contributed by atoms with Crippen LogP contribution in [0.2, 0.25) is 0 Å². The number of hydrogen-bond donors (Lipinski definition) is 2. The molecule has 1 heterocycles. The number of aromatic amines is 1. The van der Waals surface area contributed by atoms with E-state index < -0.39 is 0 Å². The van der Waals surface area contributed by atoms with E-state index in [1.54, 1.807) is 6.07 Å². The van der Waals surface area contributed by atoms with Gasteiger partial charge in [0.2, 0.25) is 5.95 Å². The molecule has 1 aliphatic rings. The van der Waals surface area contributed by atoms with Gasteiger partial charge in [-0.1, -0.05) is 30.3 Å². The molecule has 0 saturated heterocycles. The third-order valence-electron chi connectivity index (χ3n) is 4.08. The smallest absolute Gasteiger partial charge is 0.260 e. The van der Waals surface area contributed by atoms with E-state index in [1.807, 2.05) is 36.0 Å². The molecule has 116 valence electrons. The molecule has 4 rings (SSSR count). The van der Waals surface area contributed by atoms with Crippen molar-refractivity contribution in [3.8, 4) is 0 Å². The second-order valence-corrected chi connectivity index (χ2v) is 7.42. The van der Waals surface area contributed by atoms with Crippen LogP contribution in [0.25, 0.3) is 10.9 Å². The van der Waals surface area contributed by atoms with Gasteiger partial charge in [0.05, 0.1) is 10.9 Å². The minimum atomic E-state index is -0.0985. The number of H-pyrrole nitrogens is 1. The molecule has 3 aromatic rings. The van der Waals surface area contributed by atoms with Gasteiger partial charge >= 0.3 is 0 Å². The van der Waals surface area contributed by atoms with Crippen molar-refractivity contribution in [1.82, 2.24) is 9.97 Å². The van der Waals surface area contributed by atoms with Crippen molar-refractivity contribution in [2.45, 2.75) is 22.5 Å². The molecule has 23 heavy (non-hydrogen) atoms. The minimum absolute atomic E-state index is 0.0985. The van der Waals surface area contributed by atoms with E-state index in [4.69, 9.17) is 0 Å². The number of aromatic nitrogens is 2. The highest BCUT2D eigenvalue weighted by Gasteiger charge is 2.43. The van der Waals surface area contributed by atoms with Gasteiger partial charge in [-0.25, -0.2) is 4.98 Å². The number of para-hydroxylation sites is 1. The lowest BCUT2D eigenvalue weighted by Gasteiger charge is -2.16. The maximum atomic E-state index is 12.1. The number of rotatable bonds is 5. The fourth-order valence-electron chi connectivity index (χ4n) is 2.61. The first kappa shape index (κ1) is 14.3. The molecule has 1 fully saturated rings. The summed E-state index contributed by atoms with van der Waals surface area (Å²) < 4.78 is 0.214. The quantitative estimate of drug-likeness (QED) is 0.752. The SMILES string of the molecule is O=c1[nH]c(NCC2(Sc3ccccc3)CC2)nc2ccccc12. The highest BCUT2D eigenvalue weighted by Crippen LogP contribution is 2.51. The molecule has 4 nitrogen and oxygen atoms in total. The number of nitrogens with one attached hydrogen (secondary N) is 2. The Hall–Kier alpha value is -2.27. The first-order valence-corrected chi connectivity index (χ1v) is 8.53. The monoisotopic (exact) mass is 323 g/mol. The Morgan fingerprint density at radius 3 is 2.61 bits per heavy atom. The molecular weight excluding hydrogens is 306 g/mol. The summed E-state index contributed by atoms with van der Waals surface area (Å²) in [4.78, 5) is 20.7. The van der Waals surface area contributed by atoms with E-state index in [1.165, 1.54) is 17.7 Å². The van der Waals surface area contributed by atoms with Crippen LogP contribution in [-0.4, -0.2) is 21.3 Å². The van der Waals surface area contributed by atoms with Crippen molar-refractivity contribution >= 4 is 28.6 Å². The summed E-state index contributed by atoms with van der Waals surface area (Å²) in [6.07, 6.45) is 2.36. The van der Waals surface area contributed by atoms with Crippen LogP contribution in [0.1, 0.15) is 12.8 Å². The van der Waals surface area contributed by atoms with Gasteiger partial charge < -0.3 is 5.32 Å². The van der Waals surface area contributed by atoms with Crippen molar-refractivity contribution in [3.63, 3.8) is 0 Å². The third-order valence-corrected chi connectivity index (χ3v) is 5.57. The van der Waals surface area contributed by atoms with Crippen LogP contribution in [0.4, 0.5) is 5.95 Å². The van der Waals surface area contributed by atoms with E-state index in [9.17, 15) is 4.79 Å². The Morgan fingerprint density at radius 1 is 1.09 bits per heavy atom. The molecule has 2 N–H and O–H groups in total. The largest absolute Gasteiger partial charge is 0.354 e. The Morgan fingerprint density at radius 2 is 1.83 bits per heavy atom. The number of hydrogen-bond acceptors (Lipinski definition) is 4. The molecule has 0 radical (unpaired) electrons. The van der Waals surface area contributed by atoms with Crippen molar-refractivity contribution < 1.29 is 0 Å². The van der Waals surface area contributed by atoms with Gasteiger partial charge in [0.1, 0.15) is 0 Å². The van der Waals surface area contributed by atoms with Crippen LogP contribution in [0.5, 0.6) is 0 Å². The van der Waals surface area contributed by atoms with Crippen molar-refractivity contribution in [2.75, 3.05) is 11.9 Å². The molecule has 1 saturated carbocycles. The van der Waals surface area contributed by atoms with Crippen LogP contribution < -0.4 is 10.9 Å². The number of nitrogens with zero attached hydrogens (tertiary/aromatic N) is 1. The lowest BCUT2D eigenvalue weighted by Crippen LogP contribution is -2.21. The normalized spacial score (nSPS) is 15.5. The summed E-state index contributed by atoms with van der Waals surface area (Å²) in [6, 6.07) is 17.8. The van der Waals surface area contributed by atoms with E-state index in [0.717, 1.165) is 12.1 Å². The summed E-state index contributed by atoms with van der Waals surface area (Å²) in [5, 5.41) is 3.94. The maximum Gasteiger partial charge on any atom is 0.260 e. The van der Waals surface area contributed by atoms with Crippen LogP contribution >= 0.6 is 11.8 Å². The molecule has 5 heteroatoms. The predicted octanol–water partition coefficient (Wildman–Crippen LogP) is 3.66. The van der Waals surface area contributed by atoms with Gasteiger partial charge in [0.15, 0.2) is 0 Å². The Kier molecular flexibility index (Phi) is 3.58. The summed E-state index contributed by atoms with van der Waals surface area (Å²) >= 11 is 1.90. The zero-order chi connectivity index (χ0) is 15.7. The van der Waals surface area contributed by atoms with Crippen molar-refractivity contribution in [2.24, 2.45) is 0 Å². The lowest BCUT2D eigenvalue weighted by molar-refractivity contribution is 0.923. The summed E-state index contributed by atoms with van der Waals surface area (Å²) in [7, 11) is 0. The van der Waals surface area contributed by atoms with Gasteiger partial charge in [0.25, 0.3) is 5.56 Å². The molecular formula is C18H17N3OS. The standard InChI is InChI=1S/C18H17N3OS/c22-16-14-8-4-5-9-15(14)20-17(21-16)19-12-18(10-11-18)23-13-6-2-1-3-7-13/h1-9H,10-12H2,(H2,19,20,21,22). The summed E-state index contributed by atoms with van der Waals surface area (Å²) in [6.45, 7) is 0.799. The van der Waals surface area contributed by atoms with E-state index in [2.05, 4.69) is 39.6 Å². The van der Waals surface area contributed by atoms with Crippen molar-refractivity contribution in [1.29, 1.82) is 0 Å². The van der Waals surface area contributed by atoms with Crippen LogP contribution in [0.15, 0.2) is 64.3 Å². The molecule has 0 amide bonds. The molecule has 0 unspecified atom stereocenters. The van der Waals surface area contributed by atoms with Crippen LogP contribution in [-0.2, 0) is 0 Å². The number of anilines is 1. The van der Waals surface area contributed by atoms with Gasteiger partial charge in [-0.3, -0.25) is 9.78 Å². The van der Waals surface area contributed by atoms with Gasteiger partial charge in [-0.15, -0.1) is 11.8 Å². The Balaban J connectivity index is 1.50. The number of benzene rings is 2. The fourth-order valence-corrected chi connectivity index (χ4v) is 3.85. The van der Waals surface area contributed by atoms with Gasteiger partial charge in [0, 0.05) is 16.2 Å². The van der Waals surface area contributed by atoms with Crippen LogP contribution in [0, 0.1) is 0 Å². The Labute approximate surface area is 138 Å². The zero-order valence-corrected chi connectivity index (χ0v) is 13.4. The molecule has 0 aliphatic heterocycles. The molecule has 0 spiro atoms. The second kappa shape index (κ2) is 5.74. The van der Waals surface area contributed by atoms with E-state index in [-0.39, 0.29) is 10.3 Å². The molecule has 0 atom stereocenters.